The monoisotopic (exact) mass is 274 g/mol. The number of hydrogen-bond acceptors (Lipinski definition) is 5. The molecule has 5 nitrogen and oxygen atoms in total. The lowest BCUT2D eigenvalue weighted by atomic mass is 10.1. The summed E-state index contributed by atoms with van der Waals surface area (Å²) >= 11 is 0. The van der Waals surface area contributed by atoms with Crippen molar-refractivity contribution in [3.63, 3.8) is 0 Å². The number of aromatic nitrogens is 2. The number of hydrogen-bond donors (Lipinski definition) is 1. The molecule has 20 heavy (non-hydrogen) atoms. The van der Waals surface area contributed by atoms with Gasteiger partial charge in [-0.2, -0.15) is 5.10 Å². The molecular weight excluding hydrogens is 252 g/mol. The molecule has 0 unspecified atom stereocenters. The molecule has 0 saturated carbocycles. The highest BCUT2D eigenvalue weighted by molar-refractivity contribution is 5.36. The molecule has 0 spiro atoms. The van der Waals surface area contributed by atoms with Gasteiger partial charge in [0.1, 0.15) is 5.76 Å². The molecule has 2 aromatic rings. The number of anilines is 1. The fourth-order valence-electron chi connectivity index (χ4n) is 1.72. The second-order valence-electron chi connectivity index (χ2n) is 5.92. The molecule has 0 aliphatic carbocycles. The average Bonchev–Trinajstić information content (AvgIpc) is 2.89. The second-order valence-corrected chi connectivity index (χ2v) is 5.92. The van der Waals surface area contributed by atoms with Crippen molar-refractivity contribution < 1.29 is 4.42 Å². The van der Waals surface area contributed by atoms with E-state index in [4.69, 9.17) is 4.42 Å². The molecule has 0 amide bonds. The molecule has 108 valence electrons. The predicted octanol–water partition coefficient (Wildman–Crippen LogP) is 2.59. The molecule has 2 rings (SSSR count). The summed E-state index contributed by atoms with van der Waals surface area (Å²) in [5.41, 5.74) is 1.02. The summed E-state index contributed by atoms with van der Waals surface area (Å²) in [5, 5.41) is 11.9. The summed E-state index contributed by atoms with van der Waals surface area (Å²) in [4.78, 5) is 2.01. The van der Waals surface area contributed by atoms with Gasteiger partial charge in [-0.15, -0.1) is 5.10 Å². The van der Waals surface area contributed by atoms with Crippen molar-refractivity contribution in [3.05, 3.63) is 42.0 Å². The highest BCUT2D eigenvalue weighted by atomic mass is 16.3. The highest BCUT2D eigenvalue weighted by Crippen LogP contribution is 2.12. The maximum atomic E-state index is 5.33. The Morgan fingerprint density at radius 2 is 2.00 bits per heavy atom. The van der Waals surface area contributed by atoms with Crippen molar-refractivity contribution >= 4 is 5.82 Å². The Bertz CT molecular complexity index is 514. The van der Waals surface area contributed by atoms with Crippen LogP contribution in [0.15, 0.2) is 34.9 Å². The summed E-state index contributed by atoms with van der Waals surface area (Å²) in [5.74, 6) is 1.74. The normalized spacial score (nSPS) is 11.6. The first kappa shape index (κ1) is 14.5. The summed E-state index contributed by atoms with van der Waals surface area (Å²) in [6.45, 7) is 7.80. The van der Waals surface area contributed by atoms with Gasteiger partial charge in [-0.1, -0.05) is 0 Å². The maximum absolute atomic E-state index is 5.33. The third-order valence-corrected chi connectivity index (χ3v) is 2.87. The van der Waals surface area contributed by atoms with Crippen molar-refractivity contribution in [2.75, 3.05) is 11.9 Å². The smallest absolute Gasteiger partial charge is 0.151 e. The molecule has 0 aromatic carbocycles. The fraction of sp³-hybridized carbons (Fsp3) is 0.467. The molecule has 0 aliphatic heterocycles. The predicted molar refractivity (Wildman–Crippen MR) is 79.4 cm³/mol. The zero-order valence-electron chi connectivity index (χ0n) is 12.6. The molecular formula is C15H22N4O. The standard InChI is InChI=1S/C15H22N4O/c1-15(2,3)16-10-12-7-8-14(18-17-12)19(4)11-13-6-5-9-20-13/h5-9,16H,10-11H2,1-4H3. The minimum Gasteiger partial charge on any atom is -0.467 e. The van der Waals surface area contributed by atoms with E-state index in [1.807, 2.05) is 36.2 Å². The van der Waals surface area contributed by atoms with Crippen LogP contribution in [0, 0.1) is 0 Å². The van der Waals surface area contributed by atoms with Gasteiger partial charge < -0.3 is 14.6 Å². The van der Waals surface area contributed by atoms with E-state index in [-0.39, 0.29) is 5.54 Å². The van der Waals surface area contributed by atoms with Crippen molar-refractivity contribution in [1.82, 2.24) is 15.5 Å². The molecule has 2 aromatic heterocycles. The van der Waals surface area contributed by atoms with E-state index in [1.54, 1.807) is 6.26 Å². The van der Waals surface area contributed by atoms with E-state index >= 15 is 0 Å². The van der Waals surface area contributed by atoms with Crippen LogP contribution in [-0.4, -0.2) is 22.8 Å². The summed E-state index contributed by atoms with van der Waals surface area (Å²) in [6, 6.07) is 7.82. The van der Waals surface area contributed by atoms with E-state index in [9.17, 15) is 0 Å². The van der Waals surface area contributed by atoms with Gasteiger partial charge >= 0.3 is 0 Å². The molecule has 0 radical (unpaired) electrons. The largest absolute Gasteiger partial charge is 0.467 e. The first-order valence-corrected chi connectivity index (χ1v) is 6.75. The van der Waals surface area contributed by atoms with E-state index < -0.39 is 0 Å². The van der Waals surface area contributed by atoms with Crippen LogP contribution in [-0.2, 0) is 13.1 Å². The van der Waals surface area contributed by atoms with E-state index in [0.717, 1.165) is 23.8 Å². The molecule has 0 saturated heterocycles. The number of nitrogens with one attached hydrogen (secondary N) is 1. The van der Waals surface area contributed by atoms with Crippen LogP contribution < -0.4 is 10.2 Å². The topological polar surface area (TPSA) is 54.2 Å². The molecule has 0 fully saturated rings. The lowest BCUT2D eigenvalue weighted by molar-refractivity contribution is 0.420. The Kier molecular flexibility index (Phi) is 4.39. The summed E-state index contributed by atoms with van der Waals surface area (Å²) in [7, 11) is 1.97. The highest BCUT2D eigenvalue weighted by Gasteiger charge is 2.10. The maximum Gasteiger partial charge on any atom is 0.151 e. The fourth-order valence-corrected chi connectivity index (χ4v) is 1.72. The minimum atomic E-state index is 0.0798. The average molecular weight is 274 g/mol. The summed E-state index contributed by atoms with van der Waals surface area (Å²) < 4.78 is 5.33. The van der Waals surface area contributed by atoms with Crippen LogP contribution in [0.2, 0.25) is 0 Å². The molecule has 0 bridgehead atoms. The van der Waals surface area contributed by atoms with Gasteiger partial charge in [0.25, 0.3) is 0 Å². The van der Waals surface area contributed by atoms with Crippen molar-refractivity contribution in [2.24, 2.45) is 0 Å². The van der Waals surface area contributed by atoms with Crippen molar-refractivity contribution in [2.45, 2.75) is 39.4 Å². The molecule has 0 atom stereocenters. The molecule has 1 N–H and O–H groups in total. The third-order valence-electron chi connectivity index (χ3n) is 2.87. The van der Waals surface area contributed by atoms with Crippen molar-refractivity contribution in [3.8, 4) is 0 Å². The van der Waals surface area contributed by atoms with Crippen LogP contribution in [0.3, 0.4) is 0 Å². The van der Waals surface area contributed by atoms with E-state index in [0.29, 0.717) is 6.54 Å². The van der Waals surface area contributed by atoms with Crippen LogP contribution in [0.1, 0.15) is 32.2 Å². The lowest BCUT2D eigenvalue weighted by Gasteiger charge is -2.20. The Morgan fingerprint density at radius 1 is 1.20 bits per heavy atom. The van der Waals surface area contributed by atoms with Crippen molar-refractivity contribution in [1.29, 1.82) is 0 Å². The van der Waals surface area contributed by atoms with E-state index in [1.165, 1.54) is 0 Å². The Morgan fingerprint density at radius 3 is 2.55 bits per heavy atom. The van der Waals surface area contributed by atoms with E-state index in [2.05, 4.69) is 36.3 Å². The molecule has 0 aliphatic rings. The van der Waals surface area contributed by atoms with Crippen LogP contribution >= 0.6 is 0 Å². The minimum absolute atomic E-state index is 0.0798. The van der Waals surface area contributed by atoms with Gasteiger partial charge in [0.15, 0.2) is 5.82 Å². The van der Waals surface area contributed by atoms with Gasteiger partial charge in [0.05, 0.1) is 18.5 Å². The van der Waals surface area contributed by atoms with Crippen LogP contribution in [0.25, 0.3) is 0 Å². The van der Waals surface area contributed by atoms with Crippen LogP contribution in [0.5, 0.6) is 0 Å². The number of rotatable bonds is 5. The van der Waals surface area contributed by atoms with Gasteiger partial charge in [0.2, 0.25) is 0 Å². The molecule has 5 heteroatoms. The lowest BCUT2D eigenvalue weighted by Crippen LogP contribution is -2.35. The van der Waals surface area contributed by atoms with Gasteiger partial charge in [-0.05, 0) is 45.0 Å². The first-order chi connectivity index (χ1) is 9.44. The SMILES string of the molecule is CN(Cc1ccco1)c1ccc(CNC(C)(C)C)nn1. The van der Waals surface area contributed by atoms with Gasteiger partial charge in [0, 0.05) is 19.1 Å². The van der Waals surface area contributed by atoms with Gasteiger partial charge in [-0.3, -0.25) is 0 Å². The Labute approximate surface area is 120 Å². The zero-order valence-corrected chi connectivity index (χ0v) is 12.6. The van der Waals surface area contributed by atoms with Crippen LogP contribution in [0.4, 0.5) is 5.82 Å². The summed E-state index contributed by atoms with van der Waals surface area (Å²) in [6.07, 6.45) is 1.68. The Hall–Kier alpha value is -1.88. The quantitative estimate of drug-likeness (QED) is 0.908. The van der Waals surface area contributed by atoms with Gasteiger partial charge in [-0.25, -0.2) is 0 Å². The zero-order chi connectivity index (χ0) is 14.6. The third kappa shape index (κ3) is 4.35. The molecule has 2 heterocycles. The number of nitrogens with zero attached hydrogens (tertiary/aromatic N) is 3. The number of furan rings is 1. The first-order valence-electron chi connectivity index (χ1n) is 6.75. The second kappa shape index (κ2) is 6.05. The Balaban J connectivity index is 1.93.